The molecule has 0 saturated heterocycles. The van der Waals surface area contributed by atoms with Crippen molar-refractivity contribution in [3.8, 4) is 0 Å². The second kappa shape index (κ2) is 4.73. The number of hydrogen-bond acceptors (Lipinski definition) is 4. The predicted octanol–water partition coefficient (Wildman–Crippen LogP) is -0.438. The van der Waals surface area contributed by atoms with Crippen molar-refractivity contribution in [1.82, 2.24) is 0 Å². The summed E-state index contributed by atoms with van der Waals surface area (Å²) in [4.78, 5) is 20.3. The Morgan fingerprint density at radius 3 is 2.50 bits per heavy atom. The van der Waals surface area contributed by atoms with Gasteiger partial charge in [0.25, 0.3) is 0 Å². The lowest BCUT2D eigenvalue weighted by Crippen LogP contribution is -2.21. The first-order valence-electron chi connectivity index (χ1n) is 2.58. The average Bonchev–Trinajstić information content (AvgIpc) is 1.99. The highest BCUT2D eigenvalue weighted by Gasteiger charge is 2.14. The van der Waals surface area contributed by atoms with E-state index in [0.717, 1.165) is 6.08 Å². The van der Waals surface area contributed by atoms with E-state index >= 15 is 0 Å². The van der Waals surface area contributed by atoms with Crippen LogP contribution >= 0.6 is 0 Å². The van der Waals surface area contributed by atoms with Gasteiger partial charge in [0.15, 0.2) is 6.10 Å². The van der Waals surface area contributed by atoms with Crippen molar-refractivity contribution in [2.45, 2.75) is 6.10 Å². The normalized spacial score (nSPS) is 11.4. The van der Waals surface area contributed by atoms with Crippen LogP contribution in [-0.2, 0) is 19.1 Å². The average molecular weight is 144 g/mol. The van der Waals surface area contributed by atoms with E-state index in [2.05, 4.69) is 9.47 Å². The molecule has 0 bridgehead atoms. The molecule has 56 valence electrons. The van der Waals surface area contributed by atoms with E-state index in [-0.39, 0.29) is 0 Å². The standard InChI is InChI=1S/C6H8O4/c1-9-5(3-4-7)6(8)10-2/h3,5H,1-2H3. The second-order valence-corrected chi connectivity index (χ2v) is 1.46. The molecule has 0 spiro atoms. The lowest BCUT2D eigenvalue weighted by molar-refractivity contribution is -0.149. The van der Waals surface area contributed by atoms with Crippen LogP contribution in [0.2, 0.25) is 0 Å². The molecule has 0 aromatic rings. The minimum absolute atomic E-state index is 0.606. The maximum absolute atomic E-state index is 10.6. The largest absolute Gasteiger partial charge is 0.467 e. The van der Waals surface area contributed by atoms with Gasteiger partial charge in [-0.05, 0) is 0 Å². The fourth-order valence-corrected chi connectivity index (χ4v) is 0.410. The number of carbonyl (C=O) groups excluding carboxylic acids is 2. The third-order valence-electron chi connectivity index (χ3n) is 0.907. The summed E-state index contributed by atoms with van der Waals surface area (Å²) in [7, 11) is 2.52. The molecule has 0 N–H and O–H groups in total. The van der Waals surface area contributed by atoms with E-state index < -0.39 is 12.1 Å². The van der Waals surface area contributed by atoms with Gasteiger partial charge in [0.1, 0.15) is 5.94 Å². The van der Waals surface area contributed by atoms with Crippen molar-refractivity contribution in [3.63, 3.8) is 0 Å². The van der Waals surface area contributed by atoms with Crippen LogP contribution in [0.1, 0.15) is 0 Å². The molecule has 0 aliphatic heterocycles. The molecule has 0 saturated carbocycles. The predicted molar refractivity (Wildman–Crippen MR) is 33.1 cm³/mol. The molecule has 0 aliphatic carbocycles. The van der Waals surface area contributed by atoms with Crippen LogP contribution in [-0.4, -0.2) is 32.2 Å². The molecule has 0 amide bonds. The third-order valence-corrected chi connectivity index (χ3v) is 0.907. The summed E-state index contributed by atoms with van der Waals surface area (Å²) < 4.78 is 8.83. The van der Waals surface area contributed by atoms with E-state index in [1.807, 2.05) is 0 Å². The minimum atomic E-state index is -0.928. The maximum Gasteiger partial charge on any atom is 0.339 e. The Bertz CT molecular complexity index is 157. The zero-order valence-corrected chi connectivity index (χ0v) is 5.79. The number of methoxy groups -OCH3 is 2. The van der Waals surface area contributed by atoms with Crippen LogP contribution in [0, 0.1) is 0 Å². The molecule has 0 radical (unpaired) electrons. The summed E-state index contributed by atoms with van der Waals surface area (Å²) in [5.41, 5.74) is 0. The molecule has 4 heteroatoms. The maximum atomic E-state index is 10.6. The van der Waals surface area contributed by atoms with Crippen molar-refractivity contribution < 1.29 is 19.1 Å². The fourth-order valence-electron chi connectivity index (χ4n) is 0.410. The van der Waals surface area contributed by atoms with Crippen molar-refractivity contribution >= 4 is 11.9 Å². The van der Waals surface area contributed by atoms with Gasteiger partial charge in [0.05, 0.1) is 7.11 Å². The number of hydrogen-bond donors (Lipinski definition) is 0. The number of esters is 1. The Balaban J connectivity index is 4.05. The first kappa shape index (κ1) is 8.88. The first-order chi connectivity index (χ1) is 4.76. The van der Waals surface area contributed by atoms with E-state index in [0.29, 0.717) is 0 Å². The van der Waals surface area contributed by atoms with Crippen LogP contribution in [0.4, 0.5) is 0 Å². The fraction of sp³-hybridized carbons (Fsp3) is 0.500. The molecule has 0 aromatic carbocycles. The van der Waals surface area contributed by atoms with Crippen molar-refractivity contribution in [1.29, 1.82) is 0 Å². The van der Waals surface area contributed by atoms with Gasteiger partial charge in [-0.3, -0.25) is 0 Å². The zero-order chi connectivity index (χ0) is 7.98. The van der Waals surface area contributed by atoms with Crippen LogP contribution < -0.4 is 0 Å². The Hall–Kier alpha value is -1.12. The number of carbonyl (C=O) groups is 1. The lowest BCUT2D eigenvalue weighted by atomic mass is 10.3. The van der Waals surface area contributed by atoms with E-state index in [4.69, 9.17) is 0 Å². The lowest BCUT2D eigenvalue weighted by Gasteiger charge is -2.04. The highest BCUT2D eigenvalue weighted by atomic mass is 16.6. The van der Waals surface area contributed by atoms with Crippen LogP contribution in [0.25, 0.3) is 0 Å². The molecule has 1 atom stereocenters. The Morgan fingerprint density at radius 2 is 2.20 bits per heavy atom. The van der Waals surface area contributed by atoms with Crippen molar-refractivity contribution in [3.05, 3.63) is 6.08 Å². The summed E-state index contributed by atoms with van der Waals surface area (Å²) in [5, 5.41) is 0. The van der Waals surface area contributed by atoms with Crippen molar-refractivity contribution in [2.24, 2.45) is 0 Å². The molecule has 0 fully saturated rings. The molecule has 0 rings (SSSR count). The van der Waals surface area contributed by atoms with Crippen LogP contribution in [0.3, 0.4) is 0 Å². The molecule has 0 aromatic heterocycles. The SMILES string of the molecule is COC(=O)C(C=C=O)OC. The summed E-state index contributed by atoms with van der Waals surface area (Å²) in [5.74, 6) is 0.827. The number of rotatable bonds is 3. The van der Waals surface area contributed by atoms with Gasteiger partial charge < -0.3 is 9.47 Å². The smallest absolute Gasteiger partial charge is 0.339 e. The van der Waals surface area contributed by atoms with Gasteiger partial charge in [-0.1, -0.05) is 0 Å². The highest BCUT2D eigenvalue weighted by molar-refractivity contribution is 5.79. The van der Waals surface area contributed by atoms with E-state index in [9.17, 15) is 9.59 Å². The van der Waals surface area contributed by atoms with Crippen LogP contribution in [0.15, 0.2) is 6.08 Å². The second-order valence-electron chi connectivity index (χ2n) is 1.46. The van der Waals surface area contributed by atoms with Gasteiger partial charge >= 0.3 is 5.97 Å². The zero-order valence-electron chi connectivity index (χ0n) is 5.79. The monoisotopic (exact) mass is 144 g/mol. The Labute approximate surface area is 58.4 Å². The van der Waals surface area contributed by atoms with E-state index in [1.54, 1.807) is 0 Å². The Kier molecular flexibility index (Phi) is 4.20. The van der Waals surface area contributed by atoms with Gasteiger partial charge in [-0.25, -0.2) is 9.59 Å². The van der Waals surface area contributed by atoms with Gasteiger partial charge in [-0.2, -0.15) is 0 Å². The molecule has 0 aliphatic rings. The summed E-state index contributed by atoms with van der Waals surface area (Å²) in [6.07, 6.45) is 0.0220. The molecule has 4 nitrogen and oxygen atoms in total. The van der Waals surface area contributed by atoms with Gasteiger partial charge in [-0.15, -0.1) is 0 Å². The summed E-state index contributed by atoms with van der Waals surface area (Å²) in [6, 6.07) is 0. The molecule has 0 heterocycles. The molecular formula is C6H8O4. The topological polar surface area (TPSA) is 52.6 Å². The van der Waals surface area contributed by atoms with E-state index in [1.165, 1.54) is 20.2 Å². The summed E-state index contributed by atoms with van der Waals surface area (Å²) >= 11 is 0. The quantitative estimate of drug-likeness (QED) is 0.398. The molecular weight excluding hydrogens is 136 g/mol. The van der Waals surface area contributed by atoms with Gasteiger partial charge in [0, 0.05) is 13.2 Å². The Morgan fingerprint density at radius 1 is 1.60 bits per heavy atom. The first-order valence-corrected chi connectivity index (χ1v) is 2.58. The van der Waals surface area contributed by atoms with Gasteiger partial charge in [0.2, 0.25) is 0 Å². The van der Waals surface area contributed by atoms with Crippen molar-refractivity contribution in [2.75, 3.05) is 14.2 Å². The highest BCUT2D eigenvalue weighted by Crippen LogP contribution is 1.91. The molecule has 10 heavy (non-hydrogen) atoms. The third kappa shape index (κ3) is 2.44. The summed E-state index contributed by atoms with van der Waals surface area (Å²) in [6.45, 7) is 0. The minimum Gasteiger partial charge on any atom is -0.467 e. The number of ether oxygens (including phenoxy) is 2. The molecule has 1 unspecified atom stereocenters. The van der Waals surface area contributed by atoms with Crippen LogP contribution in [0.5, 0.6) is 0 Å².